The SMILES string of the molecule is CSOc1ccc([Si](C)(C)C)cc1. The predicted molar refractivity (Wildman–Crippen MR) is 63.6 cm³/mol. The molecule has 0 aliphatic heterocycles. The number of rotatable bonds is 3. The van der Waals surface area contributed by atoms with Crippen LogP contribution in [0.3, 0.4) is 0 Å². The maximum Gasteiger partial charge on any atom is 0.137 e. The summed E-state index contributed by atoms with van der Waals surface area (Å²) >= 11 is 1.38. The third-order valence-corrected chi connectivity index (χ3v) is 4.32. The van der Waals surface area contributed by atoms with E-state index in [9.17, 15) is 0 Å². The Morgan fingerprint density at radius 2 is 1.62 bits per heavy atom. The van der Waals surface area contributed by atoms with E-state index in [1.807, 2.05) is 18.4 Å². The normalized spacial score (nSPS) is 11.4. The van der Waals surface area contributed by atoms with Crippen LogP contribution in [0.5, 0.6) is 5.75 Å². The lowest BCUT2D eigenvalue weighted by Crippen LogP contribution is -2.37. The van der Waals surface area contributed by atoms with Gasteiger partial charge in [-0.05, 0) is 12.1 Å². The molecule has 1 aromatic rings. The third kappa shape index (κ3) is 3.08. The molecular weight excluding hydrogens is 196 g/mol. The summed E-state index contributed by atoms with van der Waals surface area (Å²) in [5, 5.41) is 1.47. The molecule has 0 aliphatic carbocycles. The van der Waals surface area contributed by atoms with Crippen molar-refractivity contribution in [1.82, 2.24) is 0 Å². The van der Waals surface area contributed by atoms with E-state index in [0.717, 1.165) is 5.75 Å². The second-order valence-corrected chi connectivity index (χ2v) is 9.60. The van der Waals surface area contributed by atoms with Gasteiger partial charge in [0.15, 0.2) is 0 Å². The van der Waals surface area contributed by atoms with Crippen LogP contribution in [0.2, 0.25) is 19.6 Å². The van der Waals surface area contributed by atoms with Crippen molar-refractivity contribution in [3.8, 4) is 5.75 Å². The maximum absolute atomic E-state index is 5.31. The first-order valence-corrected chi connectivity index (χ1v) is 9.00. The van der Waals surface area contributed by atoms with Crippen molar-refractivity contribution in [3.63, 3.8) is 0 Å². The van der Waals surface area contributed by atoms with Crippen LogP contribution in [0.1, 0.15) is 0 Å². The van der Waals surface area contributed by atoms with E-state index in [1.165, 1.54) is 17.2 Å². The molecule has 13 heavy (non-hydrogen) atoms. The zero-order chi connectivity index (χ0) is 9.90. The highest BCUT2D eigenvalue weighted by Crippen LogP contribution is 2.14. The Labute approximate surface area is 85.7 Å². The highest BCUT2D eigenvalue weighted by atomic mass is 32.2. The minimum absolute atomic E-state index is 0.939. The fourth-order valence-corrected chi connectivity index (χ4v) is 2.58. The molecule has 3 heteroatoms. The molecule has 0 radical (unpaired) electrons. The molecule has 0 N–H and O–H groups in total. The van der Waals surface area contributed by atoms with E-state index in [1.54, 1.807) is 0 Å². The van der Waals surface area contributed by atoms with Gasteiger partial charge in [0, 0.05) is 6.26 Å². The van der Waals surface area contributed by atoms with Gasteiger partial charge >= 0.3 is 0 Å². The molecule has 0 fully saturated rings. The van der Waals surface area contributed by atoms with E-state index in [2.05, 4.69) is 31.8 Å². The second-order valence-electron chi connectivity index (χ2n) is 4.02. The Balaban J connectivity index is 2.81. The summed E-state index contributed by atoms with van der Waals surface area (Å²) in [6, 6.07) is 8.45. The molecule has 0 spiro atoms. The lowest BCUT2D eigenvalue weighted by molar-refractivity contribution is 0.650. The summed E-state index contributed by atoms with van der Waals surface area (Å²) in [5.41, 5.74) is 0. The summed E-state index contributed by atoms with van der Waals surface area (Å²) in [6.45, 7) is 7.03. The van der Waals surface area contributed by atoms with Gasteiger partial charge in [-0.3, -0.25) is 0 Å². The van der Waals surface area contributed by atoms with Gasteiger partial charge in [0.25, 0.3) is 0 Å². The number of benzene rings is 1. The van der Waals surface area contributed by atoms with Crippen LogP contribution in [-0.2, 0) is 0 Å². The van der Waals surface area contributed by atoms with Crippen molar-refractivity contribution in [3.05, 3.63) is 24.3 Å². The highest BCUT2D eigenvalue weighted by Gasteiger charge is 2.15. The quantitative estimate of drug-likeness (QED) is 0.563. The first-order valence-electron chi connectivity index (χ1n) is 4.35. The molecule has 0 atom stereocenters. The van der Waals surface area contributed by atoms with Gasteiger partial charge in [-0.1, -0.05) is 37.0 Å². The molecule has 72 valence electrons. The van der Waals surface area contributed by atoms with Crippen molar-refractivity contribution < 1.29 is 4.18 Å². The molecule has 0 aliphatic rings. The average molecular weight is 212 g/mol. The van der Waals surface area contributed by atoms with Crippen LogP contribution in [0.4, 0.5) is 0 Å². The van der Waals surface area contributed by atoms with Crippen molar-refractivity contribution in [2.45, 2.75) is 19.6 Å². The number of hydrogen-bond acceptors (Lipinski definition) is 2. The molecule has 0 amide bonds. The Bertz CT molecular complexity index is 263. The minimum atomic E-state index is -1.14. The van der Waals surface area contributed by atoms with Crippen LogP contribution in [0.25, 0.3) is 0 Å². The molecule has 0 unspecified atom stereocenters. The summed E-state index contributed by atoms with van der Waals surface area (Å²) in [4.78, 5) is 0. The first kappa shape index (κ1) is 10.7. The zero-order valence-electron chi connectivity index (χ0n) is 8.63. The zero-order valence-corrected chi connectivity index (χ0v) is 10.4. The van der Waals surface area contributed by atoms with Crippen LogP contribution in [0.15, 0.2) is 24.3 Å². The van der Waals surface area contributed by atoms with E-state index in [-0.39, 0.29) is 0 Å². The molecular formula is C10H16OSSi. The fraction of sp³-hybridized carbons (Fsp3) is 0.400. The first-order chi connectivity index (χ1) is 6.04. The second kappa shape index (κ2) is 4.20. The summed E-state index contributed by atoms with van der Waals surface area (Å²) in [7, 11) is -1.14. The Hall–Kier alpha value is -0.413. The lowest BCUT2D eigenvalue weighted by atomic mass is 10.3. The largest absolute Gasteiger partial charge is 0.426 e. The maximum atomic E-state index is 5.31. The van der Waals surface area contributed by atoms with E-state index in [0.29, 0.717) is 0 Å². The average Bonchev–Trinajstić information content (AvgIpc) is 2.04. The number of hydrogen-bond donors (Lipinski definition) is 0. The van der Waals surface area contributed by atoms with Crippen LogP contribution < -0.4 is 9.37 Å². The molecule has 0 saturated carbocycles. The molecule has 1 aromatic carbocycles. The van der Waals surface area contributed by atoms with Gasteiger partial charge in [-0.25, -0.2) is 0 Å². The summed E-state index contributed by atoms with van der Waals surface area (Å²) in [5.74, 6) is 0.939. The van der Waals surface area contributed by atoms with Gasteiger partial charge in [0.2, 0.25) is 0 Å². The van der Waals surface area contributed by atoms with Gasteiger partial charge in [0.05, 0.1) is 20.1 Å². The van der Waals surface area contributed by atoms with E-state index < -0.39 is 8.07 Å². The van der Waals surface area contributed by atoms with Crippen LogP contribution in [0, 0.1) is 0 Å². The highest BCUT2D eigenvalue weighted by molar-refractivity contribution is 7.94. The topological polar surface area (TPSA) is 9.23 Å². The third-order valence-electron chi connectivity index (χ3n) is 1.90. The van der Waals surface area contributed by atoms with Crippen molar-refractivity contribution in [2.75, 3.05) is 6.26 Å². The molecule has 0 bridgehead atoms. The smallest absolute Gasteiger partial charge is 0.137 e. The lowest BCUT2D eigenvalue weighted by Gasteiger charge is -2.16. The van der Waals surface area contributed by atoms with Gasteiger partial charge in [0.1, 0.15) is 5.75 Å². The van der Waals surface area contributed by atoms with Crippen molar-refractivity contribution in [2.24, 2.45) is 0 Å². The van der Waals surface area contributed by atoms with Crippen LogP contribution >= 0.6 is 12.0 Å². The molecule has 0 saturated heterocycles. The van der Waals surface area contributed by atoms with Gasteiger partial charge in [-0.15, -0.1) is 0 Å². The van der Waals surface area contributed by atoms with E-state index >= 15 is 0 Å². The Morgan fingerprint density at radius 3 is 2.00 bits per heavy atom. The standard InChI is InChI=1S/C10H16OSSi/c1-12-11-9-5-7-10(8-6-9)13(2,3)4/h5-8H,1-4H3. The summed E-state index contributed by atoms with van der Waals surface area (Å²) in [6.07, 6.45) is 1.92. The molecule has 0 aromatic heterocycles. The van der Waals surface area contributed by atoms with Crippen LogP contribution in [-0.4, -0.2) is 14.3 Å². The Morgan fingerprint density at radius 1 is 1.08 bits per heavy atom. The molecule has 1 nitrogen and oxygen atoms in total. The fourth-order valence-electron chi connectivity index (χ4n) is 1.11. The molecule has 1 rings (SSSR count). The van der Waals surface area contributed by atoms with Crippen molar-refractivity contribution in [1.29, 1.82) is 0 Å². The monoisotopic (exact) mass is 212 g/mol. The van der Waals surface area contributed by atoms with Crippen molar-refractivity contribution >= 4 is 25.3 Å². The van der Waals surface area contributed by atoms with Gasteiger partial charge in [-0.2, -0.15) is 0 Å². The van der Waals surface area contributed by atoms with E-state index in [4.69, 9.17) is 4.18 Å². The molecule has 0 heterocycles. The predicted octanol–water partition coefficient (Wildman–Crippen LogP) is 2.89. The minimum Gasteiger partial charge on any atom is -0.426 e. The summed E-state index contributed by atoms with van der Waals surface area (Å²) < 4.78 is 5.31. The van der Waals surface area contributed by atoms with Gasteiger partial charge < -0.3 is 4.18 Å². The Kier molecular flexibility index (Phi) is 3.45.